The molecule has 0 aliphatic rings. The Morgan fingerprint density at radius 3 is 2.78 bits per heavy atom. The molecule has 18 heavy (non-hydrogen) atoms. The molecule has 2 unspecified atom stereocenters. The van der Waals surface area contributed by atoms with E-state index < -0.39 is 10.8 Å². The van der Waals surface area contributed by atoms with Gasteiger partial charge in [-0.15, -0.1) is 0 Å². The Hall–Kier alpha value is -0.940. The second kappa shape index (κ2) is 6.85. The minimum Gasteiger partial charge on any atom is -0.349 e. The summed E-state index contributed by atoms with van der Waals surface area (Å²) in [7, 11) is -0.932. The third-order valence-corrected chi connectivity index (χ3v) is 3.50. The first-order chi connectivity index (χ1) is 8.42. The van der Waals surface area contributed by atoms with Crippen LogP contribution in [0, 0.1) is 0 Å². The Morgan fingerprint density at radius 1 is 1.56 bits per heavy atom. The first-order valence-corrected chi connectivity index (χ1v) is 7.80. The molecule has 6 heteroatoms. The van der Waals surface area contributed by atoms with E-state index in [-0.39, 0.29) is 11.9 Å². The van der Waals surface area contributed by atoms with Gasteiger partial charge in [0, 0.05) is 40.1 Å². The summed E-state index contributed by atoms with van der Waals surface area (Å²) in [5.41, 5.74) is 1.26. The number of rotatable bonds is 5. The second-order valence-corrected chi connectivity index (χ2v) is 6.00. The standard InChI is InChI=1S/C12H17ClN2O2S/c1-4-10-5-9(6-11(13)15-10)12(16)14-8(2)7-18(3)17/h5-6,8H,4,7H2,1-3H3,(H,14,16). The zero-order chi connectivity index (χ0) is 13.7. The molecule has 0 aliphatic carbocycles. The minimum atomic E-state index is -0.932. The van der Waals surface area contributed by atoms with Crippen LogP contribution in [0.5, 0.6) is 0 Å². The van der Waals surface area contributed by atoms with E-state index in [0.29, 0.717) is 16.5 Å². The zero-order valence-corrected chi connectivity index (χ0v) is 12.3. The van der Waals surface area contributed by atoms with Gasteiger partial charge >= 0.3 is 0 Å². The molecule has 1 rings (SSSR count). The lowest BCUT2D eigenvalue weighted by atomic mass is 10.2. The highest BCUT2D eigenvalue weighted by Gasteiger charge is 2.12. The lowest BCUT2D eigenvalue weighted by Gasteiger charge is -2.12. The lowest BCUT2D eigenvalue weighted by molar-refractivity contribution is 0.0943. The maximum absolute atomic E-state index is 12.0. The van der Waals surface area contributed by atoms with E-state index in [0.717, 1.165) is 12.1 Å². The fourth-order valence-corrected chi connectivity index (χ4v) is 2.58. The summed E-state index contributed by atoms with van der Waals surface area (Å²) < 4.78 is 11.1. The summed E-state index contributed by atoms with van der Waals surface area (Å²) in [4.78, 5) is 16.1. The van der Waals surface area contributed by atoms with Crippen molar-refractivity contribution in [2.24, 2.45) is 0 Å². The molecule has 0 aromatic carbocycles. The number of hydrogen-bond acceptors (Lipinski definition) is 3. The van der Waals surface area contributed by atoms with Crippen molar-refractivity contribution >= 4 is 28.3 Å². The first kappa shape index (κ1) is 15.1. The Labute approximate surface area is 115 Å². The van der Waals surface area contributed by atoms with Gasteiger partial charge in [0.2, 0.25) is 0 Å². The van der Waals surface area contributed by atoms with Gasteiger partial charge in [-0.25, -0.2) is 4.98 Å². The van der Waals surface area contributed by atoms with Gasteiger partial charge in [-0.2, -0.15) is 0 Å². The van der Waals surface area contributed by atoms with Crippen molar-refractivity contribution in [2.45, 2.75) is 26.3 Å². The molecule has 1 amide bonds. The van der Waals surface area contributed by atoms with Gasteiger partial charge < -0.3 is 5.32 Å². The average Bonchev–Trinajstić information content (AvgIpc) is 2.26. The normalized spacial score (nSPS) is 14.0. The van der Waals surface area contributed by atoms with Crippen LogP contribution in [-0.2, 0) is 17.2 Å². The molecule has 1 aromatic heterocycles. The summed E-state index contributed by atoms with van der Waals surface area (Å²) in [5, 5.41) is 3.10. The van der Waals surface area contributed by atoms with Gasteiger partial charge in [-0.05, 0) is 25.5 Å². The highest BCUT2D eigenvalue weighted by Crippen LogP contribution is 2.11. The summed E-state index contributed by atoms with van der Waals surface area (Å²) in [5.74, 6) is 0.220. The summed E-state index contributed by atoms with van der Waals surface area (Å²) in [6.45, 7) is 3.77. The molecule has 4 nitrogen and oxygen atoms in total. The highest BCUT2D eigenvalue weighted by molar-refractivity contribution is 7.84. The van der Waals surface area contributed by atoms with E-state index in [1.54, 1.807) is 12.3 Å². The number of nitrogens with one attached hydrogen (secondary N) is 1. The molecule has 0 aliphatic heterocycles. The topological polar surface area (TPSA) is 59.1 Å². The number of carbonyl (C=O) groups excluding carboxylic acids is 1. The molecule has 1 N–H and O–H groups in total. The molecule has 1 aromatic rings. The van der Waals surface area contributed by atoms with Crippen LogP contribution >= 0.6 is 11.6 Å². The molecule has 0 fully saturated rings. The molecule has 0 spiro atoms. The van der Waals surface area contributed by atoms with Gasteiger partial charge in [0.15, 0.2) is 0 Å². The van der Waals surface area contributed by atoms with Crippen LogP contribution in [0.3, 0.4) is 0 Å². The fraction of sp³-hybridized carbons (Fsp3) is 0.500. The largest absolute Gasteiger partial charge is 0.349 e. The van der Waals surface area contributed by atoms with Crippen molar-refractivity contribution in [1.82, 2.24) is 10.3 Å². The number of carbonyl (C=O) groups is 1. The van der Waals surface area contributed by atoms with Crippen LogP contribution in [0.15, 0.2) is 12.1 Å². The smallest absolute Gasteiger partial charge is 0.251 e. The van der Waals surface area contributed by atoms with Crippen molar-refractivity contribution in [3.63, 3.8) is 0 Å². The predicted molar refractivity (Wildman–Crippen MR) is 74.5 cm³/mol. The van der Waals surface area contributed by atoms with Crippen molar-refractivity contribution in [2.75, 3.05) is 12.0 Å². The predicted octanol–water partition coefficient (Wildman–Crippen LogP) is 1.79. The molecule has 0 radical (unpaired) electrons. The van der Waals surface area contributed by atoms with Crippen molar-refractivity contribution in [3.8, 4) is 0 Å². The quantitative estimate of drug-likeness (QED) is 0.841. The van der Waals surface area contributed by atoms with Gasteiger partial charge in [-0.1, -0.05) is 18.5 Å². The van der Waals surface area contributed by atoms with Gasteiger partial charge in [0.1, 0.15) is 5.15 Å². The molecule has 2 atom stereocenters. The number of nitrogens with zero attached hydrogens (tertiary/aromatic N) is 1. The summed E-state index contributed by atoms with van der Waals surface area (Å²) in [6.07, 6.45) is 2.33. The van der Waals surface area contributed by atoms with Crippen molar-refractivity contribution < 1.29 is 9.00 Å². The SMILES string of the molecule is CCc1cc(C(=O)NC(C)CS(C)=O)cc(Cl)n1. The van der Waals surface area contributed by atoms with Crippen LogP contribution in [-0.4, -0.2) is 33.2 Å². The van der Waals surface area contributed by atoms with E-state index >= 15 is 0 Å². The van der Waals surface area contributed by atoms with Crippen LogP contribution in [0.1, 0.15) is 29.9 Å². The van der Waals surface area contributed by atoms with E-state index in [1.807, 2.05) is 13.8 Å². The van der Waals surface area contributed by atoms with Gasteiger partial charge in [0.25, 0.3) is 5.91 Å². The zero-order valence-electron chi connectivity index (χ0n) is 10.7. The first-order valence-electron chi connectivity index (χ1n) is 5.69. The Balaban J connectivity index is 2.77. The molecule has 0 saturated heterocycles. The minimum absolute atomic E-state index is 0.139. The monoisotopic (exact) mass is 288 g/mol. The van der Waals surface area contributed by atoms with Crippen molar-refractivity contribution in [1.29, 1.82) is 0 Å². The van der Waals surface area contributed by atoms with Gasteiger partial charge in [-0.3, -0.25) is 9.00 Å². The number of aromatic nitrogens is 1. The summed E-state index contributed by atoms with van der Waals surface area (Å²) >= 11 is 5.85. The molecule has 100 valence electrons. The van der Waals surface area contributed by atoms with Crippen LogP contribution in [0.4, 0.5) is 0 Å². The summed E-state index contributed by atoms with van der Waals surface area (Å²) in [6, 6.07) is 3.11. The molecule has 0 saturated carbocycles. The Bertz CT molecular complexity index is 465. The van der Waals surface area contributed by atoms with Crippen LogP contribution in [0.2, 0.25) is 5.15 Å². The molecular weight excluding hydrogens is 272 g/mol. The average molecular weight is 289 g/mol. The number of amides is 1. The molecular formula is C12H17ClN2O2S. The maximum Gasteiger partial charge on any atom is 0.251 e. The number of hydrogen-bond donors (Lipinski definition) is 1. The third kappa shape index (κ3) is 4.74. The van der Waals surface area contributed by atoms with E-state index in [1.165, 1.54) is 6.07 Å². The highest BCUT2D eigenvalue weighted by atomic mass is 35.5. The maximum atomic E-state index is 12.0. The van der Waals surface area contributed by atoms with E-state index in [9.17, 15) is 9.00 Å². The van der Waals surface area contributed by atoms with Crippen LogP contribution in [0.25, 0.3) is 0 Å². The lowest BCUT2D eigenvalue weighted by Crippen LogP contribution is -2.36. The fourth-order valence-electron chi connectivity index (χ4n) is 1.56. The number of aryl methyl sites for hydroxylation is 1. The van der Waals surface area contributed by atoms with Crippen molar-refractivity contribution in [3.05, 3.63) is 28.5 Å². The number of halogens is 1. The third-order valence-electron chi connectivity index (χ3n) is 2.33. The Kier molecular flexibility index (Phi) is 5.75. The second-order valence-electron chi connectivity index (χ2n) is 4.14. The van der Waals surface area contributed by atoms with Crippen LogP contribution < -0.4 is 5.32 Å². The van der Waals surface area contributed by atoms with Gasteiger partial charge in [0.05, 0.1) is 0 Å². The Morgan fingerprint density at radius 2 is 2.22 bits per heavy atom. The molecule has 1 heterocycles. The van der Waals surface area contributed by atoms with E-state index in [2.05, 4.69) is 10.3 Å². The molecule has 0 bridgehead atoms. The number of pyridine rings is 1. The van der Waals surface area contributed by atoms with E-state index in [4.69, 9.17) is 11.6 Å².